The molecule has 0 spiro atoms. The zero-order valence-corrected chi connectivity index (χ0v) is 20.5. The molecule has 0 saturated carbocycles. The summed E-state index contributed by atoms with van der Waals surface area (Å²) >= 11 is 0. The lowest BCUT2D eigenvalue weighted by Crippen LogP contribution is -2.44. The molecule has 1 N–H and O–H groups in total. The van der Waals surface area contributed by atoms with Crippen LogP contribution in [-0.4, -0.2) is 40.4 Å². The van der Waals surface area contributed by atoms with Crippen molar-refractivity contribution in [3.05, 3.63) is 60.0 Å². The van der Waals surface area contributed by atoms with Crippen molar-refractivity contribution in [2.45, 2.75) is 51.7 Å². The lowest BCUT2D eigenvalue weighted by Gasteiger charge is -2.32. The fraction of sp³-hybridized carbons (Fsp3) is 0.400. The Morgan fingerprint density at radius 2 is 1.63 bits per heavy atom. The van der Waals surface area contributed by atoms with Crippen LogP contribution in [0.2, 0.25) is 0 Å². The Kier molecular flexibility index (Phi) is 7.14. The van der Waals surface area contributed by atoms with Gasteiger partial charge in [0, 0.05) is 18.3 Å². The molecule has 0 atom stereocenters. The first-order chi connectivity index (χ1) is 16.2. The third-order valence-corrected chi connectivity index (χ3v) is 5.49. The van der Waals surface area contributed by atoms with Crippen LogP contribution >= 0.6 is 0 Å². The number of alkyl halides is 3. The number of hydrogen-bond acceptors (Lipinski definition) is 6. The van der Waals surface area contributed by atoms with Crippen molar-refractivity contribution >= 4 is 17.5 Å². The van der Waals surface area contributed by atoms with Crippen LogP contribution in [0.5, 0.6) is 0 Å². The molecule has 3 aromatic rings. The van der Waals surface area contributed by atoms with Crippen molar-refractivity contribution in [1.82, 2.24) is 15.1 Å². The minimum atomic E-state index is -4.40. The van der Waals surface area contributed by atoms with Gasteiger partial charge in [-0.15, -0.1) is 10.2 Å². The molecule has 7 nitrogen and oxygen atoms in total. The molecule has 1 aromatic heterocycles. The highest BCUT2D eigenvalue weighted by molar-refractivity contribution is 5.76. The molecule has 35 heavy (non-hydrogen) atoms. The fourth-order valence-corrected chi connectivity index (χ4v) is 2.96. The van der Waals surface area contributed by atoms with Gasteiger partial charge < -0.3 is 19.4 Å². The van der Waals surface area contributed by atoms with Gasteiger partial charge >= 0.3 is 12.3 Å². The van der Waals surface area contributed by atoms with Crippen molar-refractivity contribution in [3.63, 3.8) is 0 Å². The smallest absolute Gasteiger partial charge is 0.416 e. The quantitative estimate of drug-likeness (QED) is 0.417. The average molecular weight is 491 g/mol. The van der Waals surface area contributed by atoms with E-state index in [1.807, 2.05) is 34.6 Å². The van der Waals surface area contributed by atoms with Crippen LogP contribution in [-0.2, 0) is 16.3 Å². The Bertz CT molecular complexity index is 1170. The Hall–Kier alpha value is -3.56. The first kappa shape index (κ1) is 26.1. The summed E-state index contributed by atoms with van der Waals surface area (Å²) in [4.78, 5) is 13.9. The molecule has 0 aliphatic rings. The number of aromatic nitrogens is 2. The number of carbonyl (C=O) groups excluding carboxylic acids is 1. The first-order valence-electron chi connectivity index (χ1n) is 11.0. The van der Waals surface area contributed by atoms with E-state index in [-0.39, 0.29) is 23.9 Å². The molecule has 1 amide bonds. The number of rotatable bonds is 6. The Morgan fingerprint density at radius 3 is 2.23 bits per heavy atom. The number of nitrogens with zero attached hydrogens (tertiary/aromatic N) is 3. The predicted molar refractivity (Wildman–Crippen MR) is 126 cm³/mol. The largest absolute Gasteiger partial charge is 0.448 e. The molecule has 3 rings (SSSR count). The lowest BCUT2D eigenvalue weighted by atomic mass is 9.95. The summed E-state index contributed by atoms with van der Waals surface area (Å²) in [7, 11) is 1.67. The molecular formula is C25H29F3N4O3. The van der Waals surface area contributed by atoms with Crippen LogP contribution in [0, 0.1) is 0 Å². The molecule has 0 aliphatic heterocycles. The van der Waals surface area contributed by atoms with Crippen LogP contribution in [0.4, 0.5) is 29.3 Å². The minimum Gasteiger partial charge on any atom is -0.448 e. The second-order valence-electron chi connectivity index (χ2n) is 9.83. The molecule has 0 unspecified atom stereocenters. The summed E-state index contributed by atoms with van der Waals surface area (Å²) < 4.78 is 49.9. The van der Waals surface area contributed by atoms with E-state index < -0.39 is 23.2 Å². The summed E-state index contributed by atoms with van der Waals surface area (Å²) in [5, 5.41) is 11.4. The van der Waals surface area contributed by atoms with Gasteiger partial charge in [-0.25, -0.2) is 4.79 Å². The molecule has 1 heterocycles. The highest BCUT2D eigenvalue weighted by Crippen LogP contribution is 2.34. The Morgan fingerprint density at radius 1 is 1.00 bits per heavy atom. The van der Waals surface area contributed by atoms with E-state index in [1.165, 1.54) is 17.0 Å². The number of carbonyl (C=O) groups is 1. The number of anilines is 2. The molecule has 0 saturated heterocycles. The maximum atomic E-state index is 12.8. The summed E-state index contributed by atoms with van der Waals surface area (Å²) in [6, 6.07) is 11.8. The van der Waals surface area contributed by atoms with Crippen LogP contribution < -0.4 is 5.32 Å². The standard InChI is InChI=1S/C25H29F3N4O3/c1-23(2,3)32(6)22(33)34-15-24(4,5)21-31-30-20(35-21)18-9-7-8-10-19(18)29-17-13-11-16(12-14-17)25(26,27)28/h7-14,29H,15H2,1-6H3. The SMILES string of the molecule is CN(C(=O)OCC(C)(C)c1nnc(-c2ccccc2Nc2ccc(C(F)(F)F)cc2)o1)C(C)(C)C. The highest BCUT2D eigenvalue weighted by Gasteiger charge is 2.32. The zero-order chi connectivity index (χ0) is 26.0. The van der Waals surface area contributed by atoms with E-state index in [2.05, 4.69) is 15.5 Å². The van der Waals surface area contributed by atoms with Crippen molar-refractivity contribution in [2.75, 3.05) is 19.0 Å². The maximum Gasteiger partial charge on any atom is 0.416 e. The molecular weight excluding hydrogens is 461 g/mol. The van der Waals surface area contributed by atoms with Crippen molar-refractivity contribution < 1.29 is 27.1 Å². The summed E-state index contributed by atoms with van der Waals surface area (Å²) in [6.07, 6.45) is -4.86. The normalized spacial score (nSPS) is 12.4. The molecule has 0 aliphatic carbocycles. The van der Waals surface area contributed by atoms with Gasteiger partial charge in [0.25, 0.3) is 0 Å². The van der Waals surface area contributed by atoms with Gasteiger partial charge in [-0.2, -0.15) is 13.2 Å². The van der Waals surface area contributed by atoms with Crippen LogP contribution in [0.1, 0.15) is 46.1 Å². The Balaban J connectivity index is 1.77. The van der Waals surface area contributed by atoms with Crippen molar-refractivity contribution in [1.29, 1.82) is 0 Å². The van der Waals surface area contributed by atoms with Gasteiger partial charge in [0.1, 0.15) is 6.61 Å². The van der Waals surface area contributed by atoms with Gasteiger partial charge in [0.05, 0.1) is 22.2 Å². The van der Waals surface area contributed by atoms with Crippen LogP contribution in [0.3, 0.4) is 0 Å². The van der Waals surface area contributed by atoms with E-state index in [0.717, 1.165) is 12.1 Å². The Labute approximate surface area is 202 Å². The summed E-state index contributed by atoms with van der Waals surface area (Å²) in [5.41, 5.74) is -0.238. The van der Waals surface area contributed by atoms with E-state index in [9.17, 15) is 18.0 Å². The minimum absolute atomic E-state index is 0.0271. The molecule has 0 radical (unpaired) electrons. The van der Waals surface area contributed by atoms with Gasteiger partial charge in [-0.05, 0) is 71.0 Å². The zero-order valence-electron chi connectivity index (χ0n) is 20.5. The number of hydrogen-bond donors (Lipinski definition) is 1. The number of para-hydroxylation sites is 1. The monoisotopic (exact) mass is 490 g/mol. The second-order valence-corrected chi connectivity index (χ2v) is 9.83. The van der Waals surface area contributed by atoms with Gasteiger partial charge in [-0.1, -0.05) is 12.1 Å². The van der Waals surface area contributed by atoms with Gasteiger partial charge in [0.2, 0.25) is 11.8 Å². The number of ether oxygens (including phenoxy) is 1. The maximum absolute atomic E-state index is 12.8. The average Bonchev–Trinajstić information content (AvgIpc) is 3.28. The number of benzene rings is 2. The number of halogens is 3. The molecule has 0 bridgehead atoms. The number of amides is 1. The summed E-state index contributed by atoms with van der Waals surface area (Å²) in [5.74, 6) is 0.504. The lowest BCUT2D eigenvalue weighted by molar-refractivity contribution is -0.137. The van der Waals surface area contributed by atoms with Crippen LogP contribution in [0.25, 0.3) is 11.5 Å². The fourth-order valence-electron chi connectivity index (χ4n) is 2.96. The van der Waals surface area contributed by atoms with Crippen molar-refractivity contribution in [2.24, 2.45) is 0 Å². The highest BCUT2D eigenvalue weighted by atomic mass is 19.4. The van der Waals surface area contributed by atoms with Gasteiger partial charge in [-0.3, -0.25) is 0 Å². The second kappa shape index (κ2) is 9.59. The summed E-state index contributed by atoms with van der Waals surface area (Å²) in [6.45, 7) is 9.38. The van der Waals surface area contributed by atoms with E-state index >= 15 is 0 Å². The molecule has 10 heteroatoms. The van der Waals surface area contributed by atoms with E-state index in [1.54, 1.807) is 31.3 Å². The topological polar surface area (TPSA) is 80.5 Å². The van der Waals surface area contributed by atoms with E-state index in [0.29, 0.717) is 16.9 Å². The third-order valence-electron chi connectivity index (χ3n) is 5.49. The first-order valence-corrected chi connectivity index (χ1v) is 11.0. The van der Waals surface area contributed by atoms with Crippen molar-refractivity contribution in [3.8, 4) is 11.5 Å². The predicted octanol–water partition coefficient (Wildman–Crippen LogP) is 6.64. The molecule has 2 aromatic carbocycles. The molecule has 188 valence electrons. The molecule has 0 fully saturated rings. The third kappa shape index (κ3) is 6.32. The number of nitrogens with one attached hydrogen (secondary N) is 1. The van der Waals surface area contributed by atoms with Gasteiger partial charge in [0.15, 0.2) is 0 Å². The van der Waals surface area contributed by atoms with Crippen LogP contribution in [0.15, 0.2) is 52.9 Å². The van der Waals surface area contributed by atoms with E-state index in [4.69, 9.17) is 9.15 Å².